The van der Waals surface area contributed by atoms with Crippen molar-refractivity contribution in [2.24, 2.45) is 0 Å². The van der Waals surface area contributed by atoms with Gasteiger partial charge in [-0.05, 0) is 30.5 Å². The number of carboxylic acids is 1. The van der Waals surface area contributed by atoms with E-state index in [-0.39, 0.29) is 17.6 Å². The van der Waals surface area contributed by atoms with E-state index in [0.29, 0.717) is 32.0 Å². The van der Waals surface area contributed by atoms with Gasteiger partial charge in [0.05, 0.1) is 25.8 Å². The molecule has 32 heavy (non-hydrogen) atoms. The molecule has 0 bridgehead atoms. The Morgan fingerprint density at radius 3 is 2.69 bits per heavy atom. The number of carbonyl (C=O) groups is 2. The van der Waals surface area contributed by atoms with Crippen LogP contribution in [0.2, 0.25) is 0 Å². The van der Waals surface area contributed by atoms with Crippen LogP contribution in [0.25, 0.3) is 0 Å². The van der Waals surface area contributed by atoms with E-state index >= 15 is 0 Å². The van der Waals surface area contributed by atoms with Crippen LogP contribution in [0.1, 0.15) is 34.5 Å². The van der Waals surface area contributed by atoms with Gasteiger partial charge in [0.15, 0.2) is 0 Å². The third-order valence-corrected chi connectivity index (χ3v) is 5.08. The van der Waals surface area contributed by atoms with Gasteiger partial charge < -0.3 is 19.5 Å². The average Bonchev–Trinajstić information content (AvgIpc) is 3.25. The summed E-state index contributed by atoms with van der Waals surface area (Å²) >= 11 is 0. The number of pyridine rings is 1. The number of aromatic amines is 1. The molecule has 2 aromatic rings. The molecule has 1 amide bonds. The molecule has 9 nitrogen and oxygen atoms in total. The maximum absolute atomic E-state index is 12.3. The Hall–Kier alpha value is -2.99. The molecule has 2 N–H and O–H groups in total. The lowest BCUT2D eigenvalue weighted by Gasteiger charge is -2.52. The summed E-state index contributed by atoms with van der Waals surface area (Å²) in [6, 6.07) is 3.78. The third kappa shape index (κ3) is 6.04. The van der Waals surface area contributed by atoms with Crippen LogP contribution in [0.4, 0.5) is 13.2 Å². The van der Waals surface area contributed by atoms with E-state index < -0.39 is 12.1 Å². The molecule has 4 heterocycles. The molecular weight excluding hydrogens is 433 g/mol. The molecule has 4 rings (SSSR count). The topological polar surface area (TPSA) is 118 Å². The molecule has 1 atom stereocenters. The number of nitrogens with one attached hydrogen (secondary N) is 1. The molecule has 2 saturated heterocycles. The normalized spacial score (nSPS) is 19.6. The Balaban J connectivity index is 0.000000360. The minimum atomic E-state index is -5.08. The third-order valence-electron chi connectivity index (χ3n) is 5.08. The van der Waals surface area contributed by atoms with Crippen molar-refractivity contribution in [3.05, 3.63) is 47.5 Å². The van der Waals surface area contributed by atoms with Crippen LogP contribution < -0.4 is 0 Å². The lowest BCUT2D eigenvalue weighted by molar-refractivity contribution is -0.192. The molecule has 0 saturated carbocycles. The van der Waals surface area contributed by atoms with Crippen molar-refractivity contribution in [2.75, 3.05) is 19.7 Å². The van der Waals surface area contributed by atoms with Gasteiger partial charge in [-0.2, -0.15) is 18.3 Å². The summed E-state index contributed by atoms with van der Waals surface area (Å²) in [5.41, 5.74) is 2.48. The smallest absolute Gasteiger partial charge is 0.475 e. The first-order chi connectivity index (χ1) is 15.1. The van der Waals surface area contributed by atoms with Crippen molar-refractivity contribution < 1.29 is 37.3 Å². The van der Waals surface area contributed by atoms with Gasteiger partial charge in [0, 0.05) is 31.6 Å². The summed E-state index contributed by atoms with van der Waals surface area (Å²) in [6.45, 7) is 4.47. The molecule has 174 valence electrons. The number of aryl methyl sites for hydroxylation is 1. The number of H-pyrrole nitrogens is 1. The fourth-order valence-corrected chi connectivity index (χ4v) is 3.59. The van der Waals surface area contributed by atoms with Crippen LogP contribution in [0.15, 0.2) is 30.7 Å². The van der Waals surface area contributed by atoms with E-state index in [4.69, 9.17) is 19.4 Å². The number of nitrogens with zero attached hydrogens (tertiary/aromatic N) is 3. The standard InChI is InChI=1S/C18H22N4O3.C2HF3O2/c1-13-6-14(9-19-8-13)10-24-15-3-5-25-18(7-15)11-22(12-18)17(23)16-2-4-20-21-16;3-2(4,5)1(6)7/h2,4,6,8-9,15H,3,5,7,10-12H2,1H3,(H,20,21);(H,6,7). The zero-order chi connectivity index (χ0) is 23.4. The van der Waals surface area contributed by atoms with Gasteiger partial charge in [-0.1, -0.05) is 6.07 Å². The Labute approximate surface area is 181 Å². The van der Waals surface area contributed by atoms with Crippen molar-refractivity contribution in [1.29, 1.82) is 0 Å². The lowest BCUT2D eigenvalue weighted by atomic mass is 9.84. The fourth-order valence-electron chi connectivity index (χ4n) is 3.59. The number of amides is 1. The van der Waals surface area contributed by atoms with Crippen molar-refractivity contribution in [3.8, 4) is 0 Å². The summed E-state index contributed by atoms with van der Waals surface area (Å²) in [6.07, 6.45) is 2.04. The Morgan fingerprint density at radius 1 is 1.38 bits per heavy atom. The van der Waals surface area contributed by atoms with Crippen molar-refractivity contribution in [1.82, 2.24) is 20.1 Å². The van der Waals surface area contributed by atoms with Crippen LogP contribution in [0.3, 0.4) is 0 Å². The number of carboxylic acid groups (broad SMARTS) is 1. The van der Waals surface area contributed by atoms with Crippen molar-refractivity contribution in [2.45, 2.75) is 44.3 Å². The summed E-state index contributed by atoms with van der Waals surface area (Å²) in [4.78, 5) is 27.2. The molecule has 12 heteroatoms. The molecule has 1 unspecified atom stereocenters. The number of aliphatic carboxylic acids is 1. The molecule has 2 aliphatic heterocycles. The second kappa shape index (κ2) is 9.65. The highest BCUT2D eigenvalue weighted by molar-refractivity contribution is 5.92. The molecule has 0 aromatic carbocycles. The monoisotopic (exact) mass is 456 g/mol. The number of ether oxygens (including phenoxy) is 2. The fraction of sp³-hybridized carbons (Fsp3) is 0.500. The number of halogens is 3. The van der Waals surface area contributed by atoms with Gasteiger partial charge in [-0.3, -0.25) is 14.9 Å². The minimum Gasteiger partial charge on any atom is -0.475 e. The predicted molar refractivity (Wildman–Crippen MR) is 104 cm³/mol. The number of likely N-dealkylation sites (tertiary alicyclic amines) is 1. The van der Waals surface area contributed by atoms with Crippen LogP contribution in [0, 0.1) is 6.92 Å². The van der Waals surface area contributed by atoms with Crippen LogP contribution >= 0.6 is 0 Å². The van der Waals surface area contributed by atoms with Gasteiger partial charge in [-0.25, -0.2) is 4.79 Å². The van der Waals surface area contributed by atoms with E-state index in [0.717, 1.165) is 24.0 Å². The molecule has 2 fully saturated rings. The van der Waals surface area contributed by atoms with Crippen LogP contribution in [-0.4, -0.2) is 74.6 Å². The maximum atomic E-state index is 12.3. The van der Waals surface area contributed by atoms with Crippen molar-refractivity contribution >= 4 is 11.9 Å². The van der Waals surface area contributed by atoms with E-state index in [1.807, 2.05) is 19.3 Å². The van der Waals surface area contributed by atoms with E-state index in [1.165, 1.54) is 0 Å². The zero-order valence-corrected chi connectivity index (χ0v) is 17.3. The van der Waals surface area contributed by atoms with E-state index in [2.05, 4.69) is 21.2 Å². The molecule has 0 aliphatic carbocycles. The largest absolute Gasteiger partial charge is 0.490 e. The Morgan fingerprint density at radius 2 is 2.09 bits per heavy atom. The van der Waals surface area contributed by atoms with E-state index in [9.17, 15) is 18.0 Å². The molecule has 1 spiro atoms. The summed E-state index contributed by atoms with van der Waals surface area (Å²) in [7, 11) is 0. The van der Waals surface area contributed by atoms with E-state index in [1.54, 1.807) is 17.2 Å². The highest BCUT2D eigenvalue weighted by atomic mass is 19.4. The SMILES string of the molecule is Cc1cncc(COC2CCOC3(C2)CN(C(=O)c2ccn[nH]2)C3)c1.O=C(O)C(F)(F)F. The van der Waals surface area contributed by atoms with Crippen molar-refractivity contribution in [3.63, 3.8) is 0 Å². The first-order valence-electron chi connectivity index (χ1n) is 9.83. The number of hydrogen-bond donors (Lipinski definition) is 2. The number of aromatic nitrogens is 3. The number of alkyl halides is 3. The summed E-state index contributed by atoms with van der Waals surface area (Å²) in [5.74, 6) is -2.78. The second-order valence-corrected chi connectivity index (χ2v) is 7.76. The average molecular weight is 456 g/mol. The van der Waals surface area contributed by atoms with Crippen LogP contribution in [0.5, 0.6) is 0 Å². The Bertz CT molecular complexity index is 930. The number of hydrogen-bond acceptors (Lipinski definition) is 6. The first-order valence-corrected chi connectivity index (χ1v) is 9.83. The Kier molecular flexibility index (Phi) is 7.14. The summed E-state index contributed by atoms with van der Waals surface area (Å²) in [5, 5.41) is 13.7. The number of carbonyl (C=O) groups excluding carboxylic acids is 1. The first kappa shape index (κ1) is 23.7. The molecule has 2 aromatic heterocycles. The summed E-state index contributed by atoms with van der Waals surface area (Å²) < 4.78 is 43.8. The van der Waals surface area contributed by atoms with Crippen LogP contribution in [-0.2, 0) is 20.9 Å². The predicted octanol–water partition coefficient (Wildman–Crippen LogP) is 2.34. The zero-order valence-electron chi connectivity index (χ0n) is 17.3. The highest BCUT2D eigenvalue weighted by Gasteiger charge is 2.49. The molecule has 0 radical (unpaired) electrons. The van der Waals surface area contributed by atoms with Gasteiger partial charge >= 0.3 is 12.1 Å². The maximum Gasteiger partial charge on any atom is 0.490 e. The van der Waals surface area contributed by atoms with Gasteiger partial charge in [-0.15, -0.1) is 0 Å². The molecular formula is C20H23F3N4O5. The van der Waals surface area contributed by atoms with Gasteiger partial charge in [0.25, 0.3) is 5.91 Å². The highest BCUT2D eigenvalue weighted by Crippen LogP contribution is 2.36. The number of rotatable bonds is 4. The lowest BCUT2D eigenvalue weighted by Crippen LogP contribution is -2.67. The molecule has 2 aliphatic rings. The minimum absolute atomic E-state index is 0.0272. The van der Waals surface area contributed by atoms with Gasteiger partial charge in [0.2, 0.25) is 0 Å². The van der Waals surface area contributed by atoms with Gasteiger partial charge in [0.1, 0.15) is 11.3 Å². The second-order valence-electron chi connectivity index (χ2n) is 7.76. The quantitative estimate of drug-likeness (QED) is 0.725.